The highest BCUT2D eigenvalue weighted by molar-refractivity contribution is 14.0. The zero-order valence-electron chi connectivity index (χ0n) is 19.1. The van der Waals surface area contributed by atoms with Gasteiger partial charge in [-0.25, -0.2) is 4.98 Å². The minimum Gasteiger partial charge on any atom is -0.357 e. The van der Waals surface area contributed by atoms with Crippen LogP contribution in [0.1, 0.15) is 50.9 Å². The SMILES string of the molecule is CCNC(=NCCN1CCCCC1CC)NCCc1nccn1Cc1ccccc1.I. The molecular formula is C24H39IN6. The summed E-state index contributed by atoms with van der Waals surface area (Å²) < 4.78 is 2.22. The molecule has 1 aliphatic heterocycles. The van der Waals surface area contributed by atoms with Crippen LogP contribution in [0.4, 0.5) is 0 Å². The molecule has 2 aromatic rings. The number of piperidine rings is 1. The first-order valence-corrected chi connectivity index (χ1v) is 11.6. The Morgan fingerprint density at radius 1 is 1.16 bits per heavy atom. The minimum absolute atomic E-state index is 0. The highest BCUT2D eigenvalue weighted by Gasteiger charge is 2.19. The van der Waals surface area contributed by atoms with E-state index in [0.29, 0.717) is 0 Å². The predicted octanol–water partition coefficient (Wildman–Crippen LogP) is 3.91. The molecule has 0 spiro atoms. The van der Waals surface area contributed by atoms with Gasteiger partial charge in [0.15, 0.2) is 5.96 Å². The monoisotopic (exact) mass is 538 g/mol. The molecule has 7 heteroatoms. The lowest BCUT2D eigenvalue weighted by atomic mass is 10.0. The van der Waals surface area contributed by atoms with Crippen LogP contribution in [0, 0.1) is 0 Å². The molecule has 1 aromatic heterocycles. The summed E-state index contributed by atoms with van der Waals surface area (Å²) >= 11 is 0. The number of nitrogens with one attached hydrogen (secondary N) is 2. The second kappa shape index (κ2) is 14.5. The van der Waals surface area contributed by atoms with Crippen LogP contribution in [0.5, 0.6) is 0 Å². The van der Waals surface area contributed by atoms with Gasteiger partial charge < -0.3 is 15.2 Å². The summed E-state index contributed by atoms with van der Waals surface area (Å²) in [6, 6.07) is 11.3. The van der Waals surface area contributed by atoms with Crippen molar-refractivity contribution in [2.24, 2.45) is 4.99 Å². The maximum atomic E-state index is 4.81. The van der Waals surface area contributed by atoms with Crippen LogP contribution in [-0.2, 0) is 13.0 Å². The van der Waals surface area contributed by atoms with Gasteiger partial charge >= 0.3 is 0 Å². The van der Waals surface area contributed by atoms with Gasteiger partial charge in [0, 0.05) is 51.0 Å². The third kappa shape index (κ3) is 8.44. The maximum Gasteiger partial charge on any atom is 0.191 e. The average molecular weight is 539 g/mol. The fraction of sp³-hybridized carbons (Fsp3) is 0.583. The molecule has 0 bridgehead atoms. The van der Waals surface area contributed by atoms with Gasteiger partial charge in [-0.3, -0.25) is 9.89 Å². The lowest BCUT2D eigenvalue weighted by molar-refractivity contribution is 0.148. The molecule has 2 heterocycles. The number of guanidine groups is 1. The Balaban J connectivity index is 0.00000341. The fourth-order valence-electron chi connectivity index (χ4n) is 4.23. The van der Waals surface area contributed by atoms with Crippen molar-refractivity contribution in [1.82, 2.24) is 25.1 Å². The third-order valence-corrected chi connectivity index (χ3v) is 5.86. The first-order chi connectivity index (χ1) is 14.8. The van der Waals surface area contributed by atoms with Crippen LogP contribution in [-0.4, -0.2) is 59.2 Å². The van der Waals surface area contributed by atoms with E-state index in [2.05, 4.69) is 75.5 Å². The molecule has 0 amide bonds. The molecule has 1 atom stereocenters. The summed E-state index contributed by atoms with van der Waals surface area (Å²) in [5.41, 5.74) is 1.29. The number of halogens is 1. The van der Waals surface area contributed by atoms with Crippen molar-refractivity contribution < 1.29 is 0 Å². The second-order valence-electron chi connectivity index (χ2n) is 7.99. The van der Waals surface area contributed by atoms with Crippen molar-refractivity contribution in [1.29, 1.82) is 0 Å². The van der Waals surface area contributed by atoms with Gasteiger partial charge in [0.05, 0.1) is 6.54 Å². The lowest BCUT2D eigenvalue weighted by Crippen LogP contribution is -2.42. The zero-order chi connectivity index (χ0) is 21.0. The number of rotatable bonds is 10. The summed E-state index contributed by atoms with van der Waals surface area (Å²) in [7, 11) is 0. The highest BCUT2D eigenvalue weighted by atomic mass is 127. The molecule has 0 radical (unpaired) electrons. The highest BCUT2D eigenvalue weighted by Crippen LogP contribution is 2.18. The van der Waals surface area contributed by atoms with Crippen LogP contribution < -0.4 is 10.6 Å². The summed E-state index contributed by atoms with van der Waals surface area (Å²) in [6.45, 7) is 10.1. The molecule has 172 valence electrons. The van der Waals surface area contributed by atoms with E-state index in [1.165, 1.54) is 37.8 Å². The number of hydrogen-bond acceptors (Lipinski definition) is 3. The van der Waals surface area contributed by atoms with Crippen LogP contribution >= 0.6 is 24.0 Å². The van der Waals surface area contributed by atoms with Crippen molar-refractivity contribution in [2.45, 2.75) is 58.5 Å². The Hall–Kier alpha value is -1.61. The van der Waals surface area contributed by atoms with E-state index in [1.807, 2.05) is 6.20 Å². The van der Waals surface area contributed by atoms with Crippen LogP contribution in [0.2, 0.25) is 0 Å². The summed E-state index contributed by atoms with van der Waals surface area (Å²) in [6.07, 6.45) is 10.1. The molecule has 1 unspecified atom stereocenters. The summed E-state index contributed by atoms with van der Waals surface area (Å²) in [5.74, 6) is 2.00. The zero-order valence-corrected chi connectivity index (χ0v) is 21.4. The van der Waals surface area contributed by atoms with Gasteiger partial charge in [0.1, 0.15) is 5.82 Å². The van der Waals surface area contributed by atoms with Crippen LogP contribution in [0.25, 0.3) is 0 Å². The molecule has 2 N–H and O–H groups in total. The molecule has 1 aromatic carbocycles. The van der Waals surface area contributed by atoms with Crippen molar-refractivity contribution >= 4 is 29.9 Å². The second-order valence-corrected chi connectivity index (χ2v) is 7.99. The first kappa shape index (κ1) is 25.6. The van der Waals surface area contributed by atoms with Crippen LogP contribution in [0.3, 0.4) is 0 Å². The number of aromatic nitrogens is 2. The van der Waals surface area contributed by atoms with E-state index >= 15 is 0 Å². The Bertz CT molecular complexity index is 760. The van der Waals surface area contributed by atoms with Gasteiger partial charge in [-0.05, 0) is 38.3 Å². The number of benzene rings is 1. The summed E-state index contributed by atoms with van der Waals surface area (Å²) in [4.78, 5) is 12.0. The van der Waals surface area contributed by atoms with Crippen molar-refractivity contribution in [2.75, 3.05) is 32.7 Å². The molecular weight excluding hydrogens is 499 g/mol. The third-order valence-electron chi connectivity index (χ3n) is 5.86. The Morgan fingerprint density at radius 2 is 2.00 bits per heavy atom. The van der Waals surface area contributed by atoms with Gasteiger partial charge in [-0.1, -0.05) is 43.7 Å². The van der Waals surface area contributed by atoms with Gasteiger partial charge in [-0.15, -0.1) is 24.0 Å². The topological polar surface area (TPSA) is 57.5 Å². The Morgan fingerprint density at radius 3 is 2.77 bits per heavy atom. The number of likely N-dealkylation sites (tertiary alicyclic amines) is 1. The number of nitrogens with zero attached hydrogens (tertiary/aromatic N) is 4. The van der Waals surface area contributed by atoms with Gasteiger partial charge in [-0.2, -0.15) is 0 Å². The summed E-state index contributed by atoms with van der Waals surface area (Å²) in [5, 5.41) is 6.85. The predicted molar refractivity (Wildman–Crippen MR) is 140 cm³/mol. The normalized spacial score (nSPS) is 17.2. The number of hydrogen-bond donors (Lipinski definition) is 2. The first-order valence-electron chi connectivity index (χ1n) is 11.6. The van der Waals surface area contributed by atoms with Crippen molar-refractivity contribution in [3.8, 4) is 0 Å². The smallest absolute Gasteiger partial charge is 0.191 e. The maximum absolute atomic E-state index is 4.81. The standard InChI is InChI=1S/C24H38N6.HI/c1-3-22-12-8-9-17-29(22)18-16-28-24(25-4-2)27-14-13-23-26-15-19-30(23)20-21-10-6-5-7-11-21;/h5-7,10-11,15,19,22H,3-4,8-9,12-14,16-18,20H2,1-2H3,(H2,25,27,28);1H. The number of imidazole rings is 1. The molecule has 31 heavy (non-hydrogen) atoms. The molecule has 1 saturated heterocycles. The van der Waals surface area contributed by atoms with E-state index < -0.39 is 0 Å². The Labute approximate surface area is 204 Å². The molecule has 3 rings (SSSR count). The fourth-order valence-corrected chi connectivity index (χ4v) is 4.23. The minimum atomic E-state index is 0. The van der Waals surface area contributed by atoms with E-state index in [4.69, 9.17) is 4.99 Å². The molecule has 1 aliphatic rings. The molecule has 6 nitrogen and oxygen atoms in total. The van der Waals surface area contributed by atoms with Gasteiger partial charge in [0.25, 0.3) is 0 Å². The van der Waals surface area contributed by atoms with Crippen molar-refractivity contribution in [3.63, 3.8) is 0 Å². The number of aliphatic imine (C=N–C) groups is 1. The Kier molecular flexibility index (Phi) is 12.0. The molecule has 1 fully saturated rings. The largest absolute Gasteiger partial charge is 0.357 e. The molecule has 0 aliphatic carbocycles. The van der Waals surface area contributed by atoms with E-state index in [-0.39, 0.29) is 24.0 Å². The van der Waals surface area contributed by atoms with E-state index in [9.17, 15) is 0 Å². The molecule has 0 saturated carbocycles. The van der Waals surface area contributed by atoms with Crippen molar-refractivity contribution in [3.05, 3.63) is 54.1 Å². The van der Waals surface area contributed by atoms with Crippen LogP contribution in [0.15, 0.2) is 47.7 Å². The van der Waals surface area contributed by atoms with Gasteiger partial charge in [0.2, 0.25) is 0 Å². The van der Waals surface area contributed by atoms with E-state index in [1.54, 1.807) is 0 Å². The average Bonchev–Trinajstić information content (AvgIpc) is 3.21. The quantitative estimate of drug-likeness (QED) is 0.274. The van der Waals surface area contributed by atoms with E-state index in [0.717, 1.165) is 57.0 Å². The lowest BCUT2D eigenvalue weighted by Gasteiger charge is -2.34.